The number of carbonyl (C=O) groups excluding carboxylic acids is 1. The smallest absolute Gasteiger partial charge is 0.259 e. The van der Waals surface area contributed by atoms with Gasteiger partial charge in [0.05, 0.1) is 14.2 Å². The molecule has 0 aliphatic carbocycles. The van der Waals surface area contributed by atoms with Crippen molar-refractivity contribution in [2.24, 2.45) is 10.9 Å². The van der Waals surface area contributed by atoms with Crippen LogP contribution >= 0.6 is 0 Å². The summed E-state index contributed by atoms with van der Waals surface area (Å²) in [7, 11) is 2.97. The molecule has 4 N–H and O–H groups in total. The summed E-state index contributed by atoms with van der Waals surface area (Å²) >= 11 is 0. The van der Waals surface area contributed by atoms with E-state index in [0.717, 1.165) is 0 Å². The van der Waals surface area contributed by atoms with E-state index < -0.39 is 0 Å². The fraction of sp³-hybridized carbons (Fsp3) is 0.429. The molecule has 0 aliphatic rings. The van der Waals surface area contributed by atoms with Gasteiger partial charge in [0.1, 0.15) is 22.9 Å². The van der Waals surface area contributed by atoms with Gasteiger partial charge in [-0.1, -0.05) is 18.1 Å². The fourth-order valence-corrected chi connectivity index (χ4v) is 1.92. The van der Waals surface area contributed by atoms with E-state index in [0.29, 0.717) is 23.5 Å². The number of rotatable bonds is 7. The third kappa shape index (κ3) is 4.27. The van der Waals surface area contributed by atoms with Gasteiger partial charge < -0.3 is 25.7 Å². The van der Waals surface area contributed by atoms with Crippen LogP contribution in [0.15, 0.2) is 23.4 Å². The molecule has 0 fully saturated rings. The Morgan fingerprint density at radius 1 is 1.38 bits per heavy atom. The highest BCUT2D eigenvalue weighted by molar-refractivity contribution is 6.00. The third-order valence-electron chi connectivity index (χ3n) is 3.07. The van der Waals surface area contributed by atoms with Crippen molar-refractivity contribution < 1.29 is 19.5 Å². The molecule has 1 rings (SSSR count). The second-order valence-corrected chi connectivity index (χ2v) is 4.41. The first-order valence-electron chi connectivity index (χ1n) is 6.55. The van der Waals surface area contributed by atoms with Crippen molar-refractivity contribution >= 4 is 11.7 Å². The number of nitrogens with one attached hydrogen (secondary N) is 1. The number of nitrogens with zero attached hydrogens (tertiary/aromatic N) is 1. The Kier molecular flexibility index (Phi) is 6.32. The Hall–Kier alpha value is -2.44. The molecule has 0 radical (unpaired) electrons. The molecule has 1 unspecified atom stereocenters. The Balaban J connectivity index is 2.97. The number of methoxy groups -OCH3 is 2. The highest BCUT2D eigenvalue weighted by atomic mass is 16.5. The van der Waals surface area contributed by atoms with Crippen LogP contribution in [0, 0.1) is 0 Å². The zero-order valence-electron chi connectivity index (χ0n) is 12.4. The summed E-state index contributed by atoms with van der Waals surface area (Å²) < 4.78 is 10.4. The van der Waals surface area contributed by atoms with Crippen molar-refractivity contribution in [3.8, 4) is 11.5 Å². The Labute approximate surface area is 123 Å². The normalized spacial score (nSPS) is 12.6. The number of oxime groups is 1. The highest BCUT2D eigenvalue weighted by Gasteiger charge is 2.21. The average molecular weight is 295 g/mol. The standard InChI is InChI=1S/C14H21N3O4/c1-4-9(8-12(15)17-19)16-14(18)13-10(20-2)6-5-7-11(13)21-3/h5-7,9,19H,4,8H2,1-3H3,(H2,15,17)(H,16,18). The lowest BCUT2D eigenvalue weighted by atomic mass is 10.1. The quantitative estimate of drug-likeness (QED) is 0.305. The predicted molar refractivity (Wildman–Crippen MR) is 79.1 cm³/mol. The molecule has 21 heavy (non-hydrogen) atoms. The topological polar surface area (TPSA) is 106 Å². The summed E-state index contributed by atoms with van der Waals surface area (Å²) in [6, 6.07) is 4.86. The van der Waals surface area contributed by atoms with Crippen LogP contribution in [-0.2, 0) is 0 Å². The molecule has 0 spiro atoms. The van der Waals surface area contributed by atoms with E-state index in [9.17, 15) is 4.79 Å². The van der Waals surface area contributed by atoms with Crippen LogP contribution in [0.3, 0.4) is 0 Å². The number of amides is 1. The molecule has 7 nitrogen and oxygen atoms in total. The molecule has 0 heterocycles. The Morgan fingerprint density at radius 2 is 1.95 bits per heavy atom. The number of nitrogens with two attached hydrogens (primary N) is 1. The van der Waals surface area contributed by atoms with E-state index in [1.807, 2.05) is 6.92 Å². The van der Waals surface area contributed by atoms with Gasteiger partial charge in [0.15, 0.2) is 0 Å². The van der Waals surface area contributed by atoms with Crippen molar-refractivity contribution in [1.82, 2.24) is 5.32 Å². The number of benzene rings is 1. The maximum absolute atomic E-state index is 12.4. The van der Waals surface area contributed by atoms with Gasteiger partial charge >= 0.3 is 0 Å². The lowest BCUT2D eigenvalue weighted by Gasteiger charge is -2.18. The van der Waals surface area contributed by atoms with E-state index in [1.165, 1.54) is 14.2 Å². The van der Waals surface area contributed by atoms with Crippen LogP contribution in [0.2, 0.25) is 0 Å². The van der Waals surface area contributed by atoms with Crippen molar-refractivity contribution in [3.63, 3.8) is 0 Å². The number of hydrogen-bond donors (Lipinski definition) is 3. The molecule has 0 saturated carbocycles. The van der Waals surface area contributed by atoms with E-state index in [4.69, 9.17) is 20.4 Å². The Morgan fingerprint density at radius 3 is 2.38 bits per heavy atom. The van der Waals surface area contributed by atoms with Crippen LogP contribution < -0.4 is 20.5 Å². The highest BCUT2D eigenvalue weighted by Crippen LogP contribution is 2.28. The molecule has 7 heteroatoms. The van der Waals surface area contributed by atoms with Crippen molar-refractivity contribution in [2.45, 2.75) is 25.8 Å². The van der Waals surface area contributed by atoms with Crippen LogP contribution in [0.5, 0.6) is 11.5 Å². The number of hydrogen-bond acceptors (Lipinski definition) is 5. The minimum Gasteiger partial charge on any atom is -0.496 e. The van der Waals surface area contributed by atoms with Gasteiger partial charge in [-0.2, -0.15) is 0 Å². The van der Waals surface area contributed by atoms with Gasteiger partial charge in [-0.25, -0.2) is 0 Å². The molecule has 1 amide bonds. The molecular weight excluding hydrogens is 274 g/mol. The zero-order valence-corrected chi connectivity index (χ0v) is 12.4. The largest absolute Gasteiger partial charge is 0.496 e. The van der Waals surface area contributed by atoms with Crippen LogP contribution in [0.4, 0.5) is 0 Å². The monoisotopic (exact) mass is 295 g/mol. The van der Waals surface area contributed by atoms with Crippen molar-refractivity contribution in [1.29, 1.82) is 0 Å². The zero-order chi connectivity index (χ0) is 15.8. The first-order chi connectivity index (χ1) is 10.1. The van der Waals surface area contributed by atoms with E-state index in [2.05, 4.69) is 10.5 Å². The minimum absolute atomic E-state index is 0.0640. The van der Waals surface area contributed by atoms with E-state index >= 15 is 0 Å². The summed E-state index contributed by atoms with van der Waals surface area (Å²) in [5.41, 5.74) is 5.80. The summed E-state index contributed by atoms with van der Waals surface area (Å²) in [6.45, 7) is 1.90. The van der Waals surface area contributed by atoms with Crippen LogP contribution in [0.1, 0.15) is 30.1 Å². The molecule has 0 bridgehead atoms. The summed E-state index contributed by atoms with van der Waals surface area (Å²) in [5.74, 6) is 0.576. The molecule has 1 atom stereocenters. The van der Waals surface area contributed by atoms with Crippen molar-refractivity contribution in [2.75, 3.05) is 14.2 Å². The van der Waals surface area contributed by atoms with Crippen LogP contribution in [0.25, 0.3) is 0 Å². The summed E-state index contributed by atoms with van der Waals surface area (Å²) in [4.78, 5) is 12.4. The van der Waals surface area contributed by atoms with Gasteiger partial charge in [-0.15, -0.1) is 0 Å². The first-order valence-corrected chi connectivity index (χ1v) is 6.55. The number of amidine groups is 1. The first kappa shape index (κ1) is 16.6. The third-order valence-corrected chi connectivity index (χ3v) is 3.07. The molecule has 0 saturated heterocycles. The molecule has 0 aliphatic heterocycles. The van der Waals surface area contributed by atoms with Gasteiger partial charge in [0.25, 0.3) is 5.91 Å². The fourth-order valence-electron chi connectivity index (χ4n) is 1.92. The van der Waals surface area contributed by atoms with Crippen LogP contribution in [-0.4, -0.2) is 37.2 Å². The second-order valence-electron chi connectivity index (χ2n) is 4.41. The molecule has 1 aromatic carbocycles. The molecule has 0 aromatic heterocycles. The number of carbonyl (C=O) groups is 1. The lowest BCUT2D eigenvalue weighted by molar-refractivity contribution is 0.0930. The van der Waals surface area contributed by atoms with Gasteiger partial charge in [0, 0.05) is 12.5 Å². The van der Waals surface area contributed by atoms with E-state index in [-0.39, 0.29) is 24.2 Å². The van der Waals surface area contributed by atoms with Gasteiger partial charge in [-0.05, 0) is 18.6 Å². The average Bonchev–Trinajstić information content (AvgIpc) is 2.52. The lowest BCUT2D eigenvalue weighted by Crippen LogP contribution is -2.37. The van der Waals surface area contributed by atoms with Crippen molar-refractivity contribution in [3.05, 3.63) is 23.8 Å². The minimum atomic E-state index is -0.332. The predicted octanol–water partition coefficient (Wildman–Crippen LogP) is 1.35. The SMILES string of the molecule is CCC(CC(N)=NO)NC(=O)c1c(OC)cccc1OC. The summed E-state index contributed by atoms with van der Waals surface area (Å²) in [6.07, 6.45) is 0.898. The molecule has 1 aromatic rings. The maximum Gasteiger partial charge on any atom is 0.259 e. The summed E-state index contributed by atoms with van der Waals surface area (Å²) in [5, 5.41) is 14.3. The van der Waals surface area contributed by atoms with Gasteiger partial charge in [-0.3, -0.25) is 4.79 Å². The van der Waals surface area contributed by atoms with Gasteiger partial charge in [0.2, 0.25) is 0 Å². The Bertz CT molecular complexity index is 495. The molecular formula is C14H21N3O4. The second kappa shape index (κ2) is 7.98. The van der Waals surface area contributed by atoms with E-state index in [1.54, 1.807) is 18.2 Å². The molecule has 116 valence electrons. The number of ether oxygens (including phenoxy) is 2. The maximum atomic E-state index is 12.4.